The lowest BCUT2D eigenvalue weighted by Gasteiger charge is -2.18. The Morgan fingerprint density at radius 2 is 1.12 bits per heavy atom. The SMILES string of the molecule is C/C=C(\C=C/N)c1cccc(-c2cc(-c3ccc(-c4ccccc4)cc3)c3ccc4cccc5ccc2c3c45)c1. The molecule has 7 rings (SSSR count). The molecule has 0 atom stereocenters. The number of rotatable bonds is 5. The van der Waals surface area contributed by atoms with Crippen molar-refractivity contribution in [2.45, 2.75) is 6.92 Å². The molecule has 0 saturated carbocycles. The third-order valence-corrected chi connectivity index (χ3v) is 8.04. The quantitative estimate of drug-likeness (QED) is 0.180. The average Bonchev–Trinajstić information content (AvgIpc) is 3.03. The third-order valence-electron chi connectivity index (χ3n) is 8.04. The minimum Gasteiger partial charge on any atom is -0.405 e. The van der Waals surface area contributed by atoms with E-state index in [0.717, 1.165) is 11.1 Å². The summed E-state index contributed by atoms with van der Waals surface area (Å²) < 4.78 is 0. The van der Waals surface area contributed by atoms with Crippen LogP contribution in [-0.4, -0.2) is 0 Å². The maximum absolute atomic E-state index is 5.76. The van der Waals surface area contributed by atoms with Gasteiger partial charge in [-0.3, -0.25) is 0 Å². The van der Waals surface area contributed by atoms with Crippen LogP contribution in [0.3, 0.4) is 0 Å². The van der Waals surface area contributed by atoms with Gasteiger partial charge in [-0.1, -0.05) is 121 Å². The summed E-state index contributed by atoms with van der Waals surface area (Å²) in [4.78, 5) is 0. The second kappa shape index (κ2) is 9.87. The Morgan fingerprint density at radius 3 is 1.80 bits per heavy atom. The minimum absolute atomic E-state index is 1.11. The highest BCUT2D eigenvalue weighted by Crippen LogP contribution is 2.44. The van der Waals surface area contributed by atoms with E-state index >= 15 is 0 Å². The smallest absolute Gasteiger partial charge is 0.00143 e. The molecule has 0 radical (unpaired) electrons. The van der Waals surface area contributed by atoms with Gasteiger partial charge in [0.2, 0.25) is 0 Å². The van der Waals surface area contributed by atoms with Crippen molar-refractivity contribution in [2.75, 3.05) is 0 Å². The molecule has 0 spiro atoms. The van der Waals surface area contributed by atoms with Crippen LogP contribution < -0.4 is 5.73 Å². The van der Waals surface area contributed by atoms with Gasteiger partial charge in [0.25, 0.3) is 0 Å². The largest absolute Gasteiger partial charge is 0.405 e. The van der Waals surface area contributed by atoms with Gasteiger partial charge in [-0.2, -0.15) is 0 Å². The highest BCUT2D eigenvalue weighted by Gasteiger charge is 2.17. The van der Waals surface area contributed by atoms with Gasteiger partial charge in [0.1, 0.15) is 0 Å². The molecule has 0 fully saturated rings. The summed E-state index contributed by atoms with van der Waals surface area (Å²) in [5.41, 5.74) is 15.4. The summed E-state index contributed by atoms with van der Waals surface area (Å²) in [5, 5.41) is 7.77. The molecule has 0 aliphatic carbocycles. The van der Waals surface area contributed by atoms with Gasteiger partial charge < -0.3 is 5.73 Å². The second-order valence-corrected chi connectivity index (χ2v) is 10.3. The van der Waals surface area contributed by atoms with E-state index in [-0.39, 0.29) is 0 Å². The van der Waals surface area contributed by atoms with Gasteiger partial charge >= 0.3 is 0 Å². The molecule has 0 aliphatic heterocycles. The summed E-state index contributed by atoms with van der Waals surface area (Å²) >= 11 is 0. The van der Waals surface area contributed by atoms with E-state index in [2.05, 4.69) is 140 Å². The Labute approximate surface area is 234 Å². The van der Waals surface area contributed by atoms with Crippen molar-refractivity contribution in [3.05, 3.63) is 151 Å². The van der Waals surface area contributed by atoms with Crippen LogP contribution in [0.1, 0.15) is 12.5 Å². The molecule has 7 aromatic rings. The molecule has 1 heteroatoms. The maximum atomic E-state index is 5.76. The second-order valence-electron chi connectivity index (χ2n) is 10.3. The fourth-order valence-corrected chi connectivity index (χ4v) is 6.11. The lowest BCUT2D eigenvalue weighted by atomic mass is 9.85. The number of hydrogen-bond donors (Lipinski definition) is 1. The summed E-state index contributed by atoms with van der Waals surface area (Å²) in [6.45, 7) is 2.05. The molecular weight excluding hydrogens is 482 g/mol. The van der Waals surface area contributed by atoms with E-state index in [0.29, 0.717) is 0 Å². The van der Waals surface area contributed by atoms with Crippen LogP contribution in [-0.2, 0) is 0 Å². The molecule has 0 aliphatic rings. The summed E-state index contributed by atoms with van der Waals surface area (Å²) in [6.07, 6.45) is 5.67. The molecule has 190 valence electrons. The zero-order chi connectivity index (χ0) is 27.1. The van der Waals surface area contributed by atoms with E-state index in [1.54, 1.807) is 6.20 Å². The first-order valence-corrected chi connectivity index (χ1v) is 13.8. The first-order valence-electron chi connectivity index (χ1n) is 13.8. The summed E-state index contributed by atoms with van der Waals surface area (Å²) in [6, 6.07) is 46.5. The molecule has 0 aromatic heterocycles. The molecule has 0 heterocycles. The van der Waals surface area contributed by atoms with Crippen LogP contribution in [0, 0.1) is 0 Å². The van der Waals surface area contributed by atoms with E-state index in [1.807, 2.05) is 6.08 Å². The van der Waals surface area contributed by atoms with Crippen molar-refractivity contribution < 1.29 is 0 Å². The Hall–Kier alpha value is -5.14. The highest BCUT2D eigenvalue weighted by molar-refractivity contribution is 6.28. The van der Waals surface area contributed by atoms with Crippen molar-refractivity contribution in [3.63, 3.8) is 0 Å². The average molecular weight is 512 g/mol. The Bertz CT molecular complexity index is 2030. The van der Waals surface area contributed by atoms with Crippen molar-refractivity contribution in [1.29, 1.82) is 0 Å². The fourth-order valence-electron chi connectivity index (χ4n) is 6.11. The van der Waals surface area contributed by atoms with Gasteiger partial charge in [-0.15, -0.1) is 0 Å². The zero-order valence-corrected chi connectivity index (χ0v) is 22.4. The Balaban J connectivity index is 1.51. The lowest BCUT2D eigenvalue weighted by Crippen LogP contribution is -1.92. The number of nitrogens with two attached hydrogens (primary N) is 1. The molecule has 0 amide bonds. The number of benzene rings is 7. The van der Waals surface area contributed by atoms with Gasteiger partial charge in [-0.25, -0.2) is 0 Å². The van der Waals surface area contributed by atoms with Crippen LogP contribution in [0.2, 0.25) is 0 Å². The topological polar surface area (TPSA) is 26.0 Å². The van der Waals surface area contributed by atoms with Crippen LogP contribution in [0.4, 0.5) is 0 Å². The normalized spacial score (nSPS) is 12.3. The van der Waals surface area contributed by atoms with E-state index < -0.39 is 0 Å². The lowest BCUT2D eigenvalue weighted by molar-refractivity contribution is 1.55. The van der Waals surface area contributed by atoms with Crippen LogP contribution >= 0.6 is 0 Å². The number of hydrogen-bond acceptors (Lipinski definition) is 1. The highest BCUT2D eigenvalue weighted by atomic mass is 14.5. The van der Waals surface area contributed by atoms with Crippen LogP contribution in [0.5, 0.6) is 0 Å². The van der Waals surface area contributed by atoms with Crippen molar-refractivity contribution in [1.82, 2.24) is 0 Å². The predicted octanol–water partition coefficient (Wildman–Crippen LogP) is 10.5. The monoisotopic (exact) mass is 511 g/mol. The molecular formula is C39H29N. The fraction of sp³-hybridized carbons (Fsp3) is 0.0256. The standard InChI is InChI=1S/C39H29N/c1-2-26(22-23-40)32-12-7-13-33(24-32)37-25-36(29-16-14-28(15-17-29)27-8-4-3-5-9-27)34-20-18-30-10-6-11-31-19-21-35(37)39(34)38(30)31/h2-25H,40H2,1H3/b23-22-,26-2+. The summed E-state index contributed by atoms with van der Waals surface area (Å²) in [7, 11) is 0. The molecule has 2 N–H and O–H groups in total. The third kappa shape index (κ3) is 3.95. The molecule has 0 saturated heterocycles. The van der Waals surface area contributed by atoms with E-state index in [9.17, 15) is 0 Å². The molecule has 40 heavy (non-hydrogen) atoms. The van der Waals surface area contributed by atoms with E-state index in [4.69, 9.17) is 5.73 Å². The van der Waals surface area contributed by atoms with Gasteiger partial charge in [0, 0.05) is 0 Å². The van der Waals surface area contributed by atoms with Crippen molar-refractivity contribution in [2.24, 2.45) is 5.73 Å². The van der Waals surface area contributed by atoms with Gasteiger partial charge in [0.05, 0.1) is 0 Å². The molecule has 0 unspecified atom stereocenters. The van der Waals surface area contributed by atoms with Crippen molar-refractivity contribution in [3.8, 4) is 33.4 Å². The molecule has 7 aromatic carbocycles. The summed E-state index contributed by atoms with van der Waals surface area (Å²) in [5.74, 6) is 0. The van der Waals surface area contributed by atoms with Gasteiger partial charge in [-0.05, 0) is 108 Å². The Kier molecular flexibility index (Phi) is 5.91. The molecule has 0 bridgehead atoms. The number of allylic oxidation sites excluding steroid dienone is 3. The van der Waals surface area contributed by atoms with Crippen molar-refractivity contribution >= 4 is 37.9 Å². The van der Waals surface area contributed by atoms with Crippen LogP contribution in [0.15, 0.2) is 146 Å². The first-order chi connectivity index (χ1) is 19.7. The Morgan fingerprint density at radius 1 is 0.525 bits per heavy atom. The van der Waals surface area contributed by atoms with Crippen LogP contribution in [0.25, 0.3) is 71.3 Å². The minimum atomic E-state index is 1.11. The van der Waals surface area contributed by atoms with E-state index in [1.165, 1.54) is 65.7 Å². The maximum Gasteiger partial charge on any atom is -0.00143 e. The first kappa shape index (κ1) is 23.9. The molecule has 1 nitrogen and oxygen atoms in total. The van der Waals surface area contributed by atoms with Gasteiger partial charge in [0.15, 0.2) is 0 Å². The zero-order valence-electron chi connectivity index (χ0n) is 22.4. The predicted molar refractivity (Wildman–Crippen MR) is 173 cm³/mol.